The van der Waals surface area contributed by atoms with Gasteiger partial charge in [-0.05, 0) is 67.3 Å². The van der Waals surface area contributed by atoms with E-state index >= 15 is 0 Å². The molecule has 0 aliphatic carbocycles. The van der Waals surface area contributed by atoms with Crippen molar-refractivity contribution in [2.75, 3.05) is 26.2 Å². The Balaban J connectivity index is 1.69. The monoisotopic (exact) mass is 523 g/mol. The van der Waals surface area contributed by atoms with Crippen LogP contribution in [-0.2, 0) is 14.9 Å². The molecule has 1 saturated heterocycles. The number of ether oxygens (including phenoxy) is 3. The van der Waals surface area contributed by atoms with Crippen molar-refractivity contribution in [3.8, 4) is 23.0 Å². The van der Waals surface area contributed by atoms with E-state index < -0.39 is 16.2 Å². The van der Waals surface area contributed by atoms with Crippen LogP contribution in [0.3, 0.4) is 0 Å². The molecule has 8 nitrogen and oxygen atoms in total. The molecule has 0 aromatic heterocycles. The molecule has 37 heavy (non-hydrogen) atoms. The molecule has 1 atom stereocenters. The maximum atomic E-state index is 13.1. The normalized spacial score (nSPS) is 15.3. The van der Waals surface area contributed by atoms with Gasteiger partial charge in [0, 0.05) is 23.4 Å². The Morgan fingerprint density at radius 2 is 1.46 bits per heavy atom. The third kappa shape index (κ3) is 4.62. The summed E-state index contributed by atoms with van der Waals surface area (Å²) in [5.41, 5.74) is 4.32. The van der Waals surface area contributed by atoms with E-state index in [0.717, 1.165) is 11.1 Å². The molecule has 1 amide bonds. The average Bonchev–Trinajstić information content (AvgIpc) is 2.89. The predicted molar refractivity (Wildman–Crippen MR) is 140 cm³/mol. The highest BCUT2D eigenvalue weighted by Crippen LogP contribution is 2.45. The van der Waals surface area contributed by atoms with Gasteiger partial charge >= 0.3 is 10.1 Å². The third-order valence-corrected chi connectivity index (χ3v) is 7.79. The lowest BCUT2D eigenvalue weighted by Crippen LogP contribution is -2.48. The highest BCUT2D eigenvalue weighted by Gasteiger charge is 2.43. The van der Waals surface area contributed by atoms with Gasteiger partial charge in [-0.1, -0.05) is 18.7 Å². The molecule has 0 N–H and O–H groups in total. The fourth-order valence-electron chi connectivity index (χ4n) is 4.27. The Morgan fingerprint density at radius 3 is 2.11 bits per heavy atom. The van der Waals surface area contributed by atoms with Gasteiger partial charge in [0.15, 0.2) is 11.5 Å². The van der Waals surface area contributed by atoms with E-state index in [1.54, 1.807) is 31.1 Å². The third-order valence-electron chi connectivity index (χ3n) is 6.56. The number of benzene rings is 3. The summed E-state index contributed by atoms with van der Waals surface area (Å²) in [7, 11) is 0.286. The molecule has 1 fully saturated rings. The molecule has 0 radical (unpaired) electrons. The minimum absolute atomic E-state index is 0.0814. The maximum Gasteiger partial charge on any atom is 0.339 e. The summed E-state index contributed by atoms with van der Waals surface area (Å²) < 4.78 is 47.7. The standard InChI is InChI=1S/C28H29NO7S/c1-16-8-9-20(13-24(16)36-37(31,32)22-10-11-23(33-5)26(15-22)35-7)27-19(4)28(30)29(27)21-12-17(2)18(3)25(14-21)34-6/h8-15,27H,4H2,1-3,5-7H3/t27-/m1/s1. The molecule has 1 aliphatic heterocycles. The van der Waals surface area contributed by atoms with Crippen LogP contribution in [0.4, 0.5) is 5.69 Å². The SMILES string of the molecule is C=C1C(=O)N(c2cc(C)c(C)c(OC)c2)[C@H]1c1ccc(C)c(OS(=O)(=O)c2ccc(OC)c(OC)c2)c1. The molecule has 0 spiro atoms. The Bertz CT molecular complexity index is 1510. The summed E-state index contributed by atoms with van der Waals surface area (Å²) in [5, 5.41) is 0. The van der Waals surface area contributed by atoms with Gasteiger partial charge in [0.05, 0.1) is 27.4 Å². The zero-order chi connectivity index (χ0) is 27.1. The molecule has 0 saturated carbocycles. The molecule has 9 heteroatoms. The summed E-state index contributed by atoms with van der Waals surface area (Å²) in [6, 6.07) is 12.7. The number of anilines is 1. The molecular formula is C28H29NO7S. The largest absolute Gasteiger partial charge is 0.496 e. The van der Waals surface area contributed by atoms with Gasteiger partial charge < -0.3 is 18.4 Å². The maximum absolute atomic E-state index is 13.1. The van der Waals surface area contributed by atoms with Crippen molar-refractivity contribution in [3.63, 3.8) is 0 Å². The molecule has 3 aromatic rings. The van der Waals surface area contributed by atoms with Crippen molar-refractivity contribution in [1.29, 1.82) is 0 Å². The molecule has 4 rings (SSSR count). The second kappa shape index (κ2) is 9.82. The smallest absolute Gasteiger partial charge is 0.339 e. The van der Waals surface area contributed by atoms with Crippen LogP contribution >= 0.6 is 0 Å². The van der Waals surface area contributed by atoms with Crippen LogP contribution in [0.15, 0.2) is 65.6 Å². The Labute approximate surface area is 217 Å². The first-order chi connectivity index (χ1) is 17.5. The number of aryl methyl sites for hydroxylation is 2. The van der Waals surface area contributed by atoms with Gasteiger partial charge in [-0.25, -0.2) is 0 Å². The van der Waals surface area contributed by atoms with E-state index in [4.69, 9.17) is 18.4 Å². The highest BCUT2D eigenvalue weighted by atomic mass is 32.2. The minimum Gasteiger partial charge on any atom is -0.496 e. The van der Waals surface area contributed by atoms with Crippen molar-refractivity contribution >= 4 is 21.7 Å². The molecule has 194 valence electrons. The Hall–Kier alpha value is -3.98. The van der Waals surface area contributed by atoms with Crippen LogP contribution in [0.25, 0.3) is 0 Å². The quantitative estimate of drug-likeness (QED) is 0.232. The van der Waals surface area contributed by atoms with Crippen molar-refractivity contribution in [2.45, 2.75) is 31.7 Å². The van der Waals surface area contributed by atoms with Gasteiger partial charge in [-0.2, -0.15) is 8.42 Å². The van der Waals surface area contributed by atoms with Crippen LogP contribution in [0.5, 0.6) is 23.0 Å². The Kier molecular flexibility index (Phi) is 6.92. The predicted octanol–water partition coefficient (Wildman–Crippen LogP) is 5.05. The second-order valence-corrected chi connectivity index (χ2v) is 10.3. The number of hydrogen-bond donors (Lipinski definition) is 0. The van der Waals surface area contributed by atoms with Crippen molar-refractivity contribution in [2.24, 2.45) is 0 Å². The zero-order valence-corrected chi connectivity index (χ0v) is 22.4. The van der Waals surface area contributed by atoms with E-state index in [2.05, 4.69) is 6.58 Å². The first-order valence-corrected chi connectivity index (χ1v) is 12.9. The van der Waals surface area contributed by atoms with Crippen molar-refractivity contribution < 1.29 is 31.6 Å². The van der Waals surface area contributed by atoms with Crippen LogP contribution in [0, 0.1) is 20.8 Å². The number of amides is 1. The van der Waals surface area contributed by atoms with Crippen molar-refractivity contribution in [3.05, 3.63) is 82.9 Å². The number of rotatable bonds is 8. The van der Waals surface area contributed by atoms with Gasteiger partial charge in [0.2, 0.25) is 0 Å². The summed E-state index contributed by atoms with van der Waals surface area (Å²) >= 11 is 0. The molecular weight excluding hydrogens is 494 g/mol. The van der Waals surface area contributed by atoms with Gasteiger partial charge in [-0.3, -0.25) is 9.69 Å². The lowest BCUT2D eigenvalue weighted by Gasteiger charge is -2.43. The van der Waals surface area contributed by atoms with Gasteiger partial charge in [-0.15, -0.1) is 0 Å². The molecule has 1 aliphatic rings. The number of nitrogens with zero attached hydrogens (tertiary/aromatic N) is 1. The topological polar surface area (TPSA) is 91.4 Å². The van der Waals surface area contributed by atoms with E-state index in [0.29, 0.717) is 33.9 Å². The lowest BCUT2D eigenvalue weighted by atomic mass is 9.87. The van der Waals surface area contributed by atoms with Crippen molar-refractivity contribution in [1.82, 2.24) is 0 Å². The van der Waals surface area contributed by atoms with E-state index in [1.165, 1.54) is 32.4 Å². The number of methoxy groups -OCH3 is 3. The molecule has 0 bridgehead atoms. The first-order valence-electron chi connectivity index (χ1n) is 11.5. The van der Waals surface area contributed by atoms with E-state index in [-0.39, 0.29) is 22.3 Å². The Morgan fingerprint density at radius 1 is 0.784 bits per heavy atom. The fraction of sp³-hybridized carbons (Fsp3) is 0.250. The molecule has 3 aromatic carbocycles. The fourth-order valence-corrected chi connectivity index (χ4v) is 5.27. The van der Waals surface area contributed by atoms with Crippen LogP contribution in [0.1, 0.15) is 28.3 Å². The number of carbonyl (C=O) groups excluding carboxylic acids is 1. The average molecular weight is 524 g/mol. The lowest BCUT2D eigenvalue weighted by molar-refractivity contribution is -0.119. The van der Waals surface area contributed by atoms with E-state index in [9.17, 15) is 13.2 Å². The summed E-state index contributed by atoms with van der Waals surface area (Å²) in [4.78, 5) is 14.4. The van der Waals surface area contributed by atoms with Gasteiger partial charge in [0.25, 0.3) is 5.91 Å². The summed E-state index contributed by atoms with van der Waals surface area (Å²) in [6.45, 7) is 9.61. The van der Waals surface area contributed by atoms with E-state index in [1.807, 2.05) is 32.0 Å². The van der Waals surface area contributed by atoms with Gasteiger partial charge in [0.1, 0.15) is 16.4 Å². The van der Waals surface area contributed by atoms with Crippen LogP contribution in [-0.4, -0.2) is 35.7 Å². The molecule has 0 unspecified atom stereocenters. The number of hydrogen-bond acceptors (Lipinski definition) is 7. The minimum atomic E-state index is -4.19. The summed E-state index contributed by atoms with van der Waals surface area (Å²) in [6.07, 6.45) is 0. The zero-order valence-electron chi connectivity index (χ0n) is 21.6. The second-order valence-electron chi connectivity index (χ2n) is 8.77. The first kappa shape index (κ1) is 26.1. The molecule has 1 heterocycles. The highest BCUT2D eigenvalue weighted by molar-refractivity contribution is 7.87. The summed E-state index contributed by atoms with van der Waals surface area (Å²) in [5.74, 6) is 1.28. The number of β-lactam (4-membered cyclic amide) rings is 1. The van der Waals surface area contributed by atoms with Crippen LogP contribution in [0.2, 0.25) is 0 Å². The van der Waals surface area contributed by atoms with Crippen LogP contribution < -0.4 is 23.3 Å². The number of carbonyl (C=O) groups is 1.